The van der Waals surface area contributed by atoms with Gasteiger partial charge < -0.3 is 15.6 Å². The molecular formula is C11H15NO3. The summed E-state index contributed by atoms with van der Waals surface area (Å²) in [5, 5.41) is 9.31. The third-order valence-corrected chi connectivity index (χ3v) is 2.02. The van der Waals surface area contributed by atoms with Crippen molar-refractivity contribution in [3.63, 3.8) is 0 Å². The zero-order valence-electron chi connectivity index (χ0n) is 8.81. The number of aliphatic hydroxyl groups excluding tert-OH is 1. The number of hydrogen-bond donors (Lipinski definition) is 2. The van der Waals surface area contributed by atoms with Crippen molar-refractivity contribution in [2.45, 2.75) is 26.0 Å². The van der Waals surface area contributed by atoms with Crippen molar-refractivity contribution >= 4 is 5.97 Å². The molecule has 82 valence electrons. The highest BCUT2D eigenvalue weighted by atomic mass is 16.5. The van der Waals surface area contributed by atoms with Crippen LogP contribution in [0.4, 0.5) is 0 Å². The summed E-state index contributed by atoms with van der Waals surface area (Å²) in [5.41, 5.74) is 6.49. The van der Waals surface area contributed by atoms with Gasteiger partial charge in [0.2, 0.25) is 0 Å². The molecule has 0 aliphatic heterocycles. The van der Waals surface area contributed by atoms with Gasteiger partial charge in [0.05, 0.1) is 12.1 Å². The summed E-state index contributed by atoms with van der Waals surface area (Å²) in [5.74, 6) is 0.0638. The first-order valence-corrected chi connectivity index (χ1v) is 4.72. The van der Waals surface area contributed by atoms with Gasteiger partial charge >= 0.3 is 5.97 Å². The smallest absolute Gasteiger partial charge is 0.308 e. The molecule has 1 aromatic carbocycles. The fourth-order valence-corrected chi connectivity index (χ4v) is 1.23. The van der Waals surface area contributed by atoms with Gasteiger partial charge in [0.25, 0.3) is 0 Å². The third kappa shape index (κ3) is 3.34. The quantitative estimate of drug-likeness (QED) is 0.575. The minimum atomic E-state index is -0.641. The molecule has 0 fully saturated rings. The van der Waals surface area contributed by atoms with Gasteiger partial charge in [0.1, 0.15) is 5.75 Å². The minimum Gasteiger partial charge on any atom is -0.427 e. The second-order valence-electron chi connectivity index (χ2n) is 3.43. The van der Waals surface area contributed by atoms with Crippen molar-refractivity contribution in [1.29, 1.82) is 0 Å². The first-order chi connectivity index (χ1) is 7.00. The first-order valence-electron chi connectivity index (χ1n) is 4.72. The predicted molar refractivity (Wildman–Crippen MR) is 56.4 cm³/mol. The van der Waals surface area contributed by atoms with Gasteiger partial charge in [-0.2, -0.15) is 0 Å². The SMILES string of the molecule is CC(=O)Oc1cccc([C@@H](N)[C@H](C)O)c1. The Kier molecular flexibility index (Phi) is 3.82. The summed E-state index contributed by atoms with van der Waals surface area (Å²) in [6.45, 7) is 2.95. The average molecular weight is 209 g/mol. The molecule has 3 N–H and O–H groups in total. The van der Waals surface area contributed by atoms with E-state index in [4.69, 9.17) is 10.5 Å². The highest BCUT2D eigenvalue weighted by molar-refractivity contribution is 5.69. The van der Waals surface area contributed by atoms with Crippen molar-refractivity contribution in [2.75, 3.05) is 0 Å². The van der Waals surface area contributed by atoms with Gasteiger partial charge in [-0.1, -0.05) is 12.1 Å². The van der Waals surface area contributed by atoms with Crippen LogP contribution in [0.5, 0.6) is 5.75 Å². The lowest BCUT2D eigenvalue weighted by Gasteiger charge is -2.15. The number of nitrogens with two attached hydrogens (primary N) is 1. The van der Waals surface area contributed by atoms with Crippen molar-refractivity contribution in [1.82, 2.24) is 0 Å². The highest BCUT2D eigenvalue weighted by Gasteiger charge is 2.12. The van der Waals surface area contributed by atoms with Crippen LogP contribution in [0.3, 0.4) is 0 Å². The Labute approximate surface area is 88.7 Å². The van der Waals surface area contributed by atoms with E-state index in [1.54, 1.807) is 31.2 Å². The maximum atomic E-state index is 10.7. The van der Waals surface area contributed by atoms with E-state index in [0.29, 0.717) is 5.75 Å². The monoisotopic (exact) mass is 209 g/mol. The lowest BCUT2D eigenvalue weighted by atomic mass is 10.0. The largest absolute Gasteiger partial charge is 0.427 e. The second kappa shape index (κ2) is 4.91. The zero-order valence-corrected chi connectivity index (χ0v) is 8.81. The van der Waals surface area contributed by atoms with E-state index in [-0.39, 0.29) is 5.97 Å². The third-order valence-electron chi connectivity index (χ3n) is 2.02. The first kappa shape index (κ1) is 11.7. The maximum absolute atomic E-state index is 10.7. The topological polar surface area (TPSA) is 72.5 Å². The highest BCUT2D eigenvalue weighted by Crippen LogP contribution is 2.20. The number of aliphatic hydroxyl groups is 1. The molecule has 0 unspecified atom stereocenters. The number of esters is 1. The van der Waals surface area contributed by atoms with Crippen LogP contribution in [0, 0.1) is 0 Å². The molecule has 1 aromatic rings. The second-order valence-corrected chi connectivity index (χ2v) is 3.43. The average Bonchev–Trinajstić information content (AvgIpc) is 2.16. The molecule has 0 spiro atoms. The van der Waals surface area contributed by atoms with Gasteiger partial charge in [-0.15, -0.1) is 0 Å². The Morgan fingerprint density at radius 3 is 2.73 bits per heavy atom. The van der Waals surface area contributed by atoms with E-state index < -0.39 is 12.1 Å². The fraction of sp³-hybridized carbons (Fsp3) is 0.364. The van der Waals surface area contributed by atoms with E-state index in [1.165, 1.54) is 6.92 Å². The molecule has 0 heterocycles. The van der Waals surface area contributed by atoms with Gasteiger partial charge in [0, 0.05) is 6.92 Å². The summed E-state index contributed by atoms with van der Waals surface area (Å²) in [7, 11) is 0. The molecule has 0 amide bonds. The lowest BCUT2D eigenvalue weighted by molar-refractivity contribution is -0.131. The minimum absolute atomic E-state index is 0.377. The van der Waals surface area contributed by atoms with Crippen molar-refractivity contribution < 1.29 is 14.6 Å². The summed E-state index contributed by atoms with van der Waals surface area (Å²) in [4.78, 5) is 10.7. The summed E-state index contributed by atoms with van der Waals surface area (Å²) in [6, 6.07) is 6.36. The fourth-order valence-electron chi connectivity index (χ4n) is 1.23. The number of hydrogen-bond acceptors (Lipinski definition) is 4. The van der Waals surface area contributed by atoms with Crippen molar-refractivity contribution in [3.05, 3.63) is 29.8 Å². The van der Waals surface area contributed by atoms with Crippen molar-refractivity contribution in [2.24, 2.45) is 5.73 Å². The van der Waals surface area contributed by atoms with E-state index in [0.717, 1.165) is 5.56 Å². The molecular weight excluding hydrogens is 194 g/mol. The molecule has 4 heteroatoms. The predicted octanol–water partition coefficient (Wildman–Crippen LogP) is 0.992. The Bertz CT molecular complexity index is 349. The van der Waals surface area contributed by atoms with E-state index >= 15 is 0 Å². The van der Waals surface area contributed by atoms with Crippen LogP contribution >= 0.6 is 0 Å². The molecule has 15 heavy (non-hydrogen) atoms. The summed E-state index contributed by atoms with van der Waals surface area (Å²) < 4.78 is 4.91. The molecule has 4 nitrogen and oxygen atoms in total. The van der Waals surface area contributed by atoms with Crippen LogP contribution in [0.1, 0.15) is 25.5 Å². The van der Waals surface area contributed by atoms with E-state index in [9.17, 15) is 9.90 Å². The molecule has 0 radical (unpaired) electrons. The number of rotatable bonds is 3. The standard InChI is InChI=1S/C11H15NO3/c1-7(13)11(12)9-4-3-5-10(6-9)15-8(2)14/h3-7,11,13H,12H2,1-2H3/t7-,11-/m0/s1. The molecule has 0 saturated carbocycles. The number of ether oxygens (including phenoxy) is 1. The van der Waals surface area contributed by atoms with Gasteiger partial charge in [-0.3, -0.25) is 4.79 Å². The Balaban J connectivity index is 2.87. The van der Waals surface area contributed by atoms with Crippen LogP contribution < -0.4 is 10.5 Å². The van der Waals surface area contributed by atoms with Crippen molar-refractivity contribution in [3.8, 4) is 5.75 Å². The molecule has 2 atom stereocenters. The van der Waals surface area contributed by atoms with E-state index in [2.05, 4.69) is 0 Å². The molecule has 0 aromatic heterocycles. The van der Waals surface area contributed by atoms with Gasteiger partial charge in [0.15, 0.2) is 0 Å². The Morgan fingerprint density at radius 2 is 2.20 bits per heavy atom. The van der Waals surface area contributed by atoms with Crippen LogP contribution in [-0.4, -0.2) is 17.2 Å². The van der Waals surface area contributed by atoms with Crippen LogP contribution in [0.15, 0.2) is 24.3 Å². The van der Waals surface area contributed by atoms with Gasteiger partial charge in [-0.25, -0.2) is 0 Å². The van der Waals surface area contributed by atoms with Gasteiger partial charge in [-0.05, 0) is 24.6 Å². The van der Waals surface area contributed by atoms with E-state index in [1.807, 2.05) is 0 Å². The Hall–Kier alpha value is -1.39. The summed E-state index contributed by atoms with van der Waals surface area (Å²) >= 11 is 0. The molecule has 0 bridgehead atoms. The number of carbonyl (C=O) groups excluding carboxylic acids is 1. The molecule has 0 aliphatic rings. The maximum Gasteiger partial charge on any atom is 0.308 e. The lowest BCUT2D eigenvalue weighted by Crippen LogP contribution is -2.23. The zero-order chi connectivity index (χ0) is 11.4. The Morgan fingerprint density at radius 1 is 1.53 bits per heavy atom. The van der Waals surface area contributed by atoms with Crippen LogP contribution in [0.25, 0.3) is 0 Å². The summed E-state index contributed by atoms with van der Waals surface area (Å²) in [6.07, 6.45) is -0.641. The van der Waals surface area contributed by atoms with Crippen LogP contribution in [0.2, 0.25) is 0 Å². The normalized spacial score (nSPS) is 14.4. The number of carbonyl (C=O) groups is 1. The van der Waals surface area contributed by atoms with Crippen LogP contribution in [-0.2, 0) is 4.79 Å². The number of benzene rings is 1. The molecule has 0 saturated heterocycles. The molecule has 1 rings (SSSR count). The molecule has 0 aliphatic carbocycles.